The summed E-state index contributed by atoms with van der Waals surface area (Å²) in [6, 6.07) is 5.54. The molecule has 18 heavy (non-hydrogen) atoms. The molecule has 0 atom stereocenters. The predicted molar refractivity (Wildman–Crippen MR) is 72.4 cm³/mol. The molecule has 0 heterocycles. The lowest BCUT2D eigenvalue weighted by molar-refractivity contribution is 0.129. The summed E-state index contributed by atoms with van der Waals surface area (Å²) in [6.45, 7) is 1.09. The highest BCUT2D eigenvalue weighted by molar-refractivity contribution is 6.31. The van der Waals surface area contributed by atoms with Gasteiger partial charge in [0.15, 0.2) is 0 Å². The van der Waals surface area contributed by atoms with E-state index in [0.717, 1.165) is 24.6 Å². The van der Waals surface area contributed by atoms with Gasteiger partial charge in [0.05, 0.1) is 0 Å². The van der Waals surface area contributed by atoms with Crippen LogP contribution in [0.1, 0.15) is 37.7 Å². The number of hydrogen-bond donors (Lipinski definition) is 1. The van der Waals surface area contributed by atoms with Gasteiger partial charge in [-0.15, -0.1) is 0 Å². The molecule has 3 rings (SSSR count). The van der Waals surface area contributed by atoms with Gasteiger partial charge >= 0.3 is 0 Å². The van der Waals surface area contributed by atoms with Crippen molar-refractivity contribution < 1.29 is 4.39 Å². The number of hydrogen-bond acceptors (Lipinski definition) is 1. The number of halogens is 2. The van der Waals surface area contributed by atoms with Crippen LogP contribution in [0.4, 0.5) is 4.39 Å². The van der Waals surface area contributed by atoms with Gasteiger partial charge in [0, 0.05) is 17.6 Å². The third-order valence-corrected chi connectivity index (χ3v) is 4.69. The van der Waals surface area contributed by atoms with E-state index in [1.165, 1.54) is 44.2 Å². The summed E-state index contributed by atoms with van der Waals surface area (Å²) in [4.78, 5) is 0. The van der Waals surface area contributed by atoms with E-state index >= 15 is 0 Å². The molecule has 3 heteroatoms. The number of benzene rings is 1. The normalized spacial score (nSPS) is 21.7. The molecule has 1 aromatic rings. The maximum atomic E-state index is 13.0. The lowest BCUT2D eigenvalue weighted by Crippen LogP contribution is -2.42. The molecule has 0 unspecified atom stereocenters. The average molecular weight is 268 g/mol. The first kappa shape index (κ1) is 12.4. The van der Waals surface area contributed by atoms with E-state index in [0.29, 0.717) is 10.4 Å². The second-order valence-corrected chi connectivity index (χ2v) is 6.33. The van der Waals surface area contributed by atoms with Gasteiger partial charge in [-0.05, 0) is 55.2 Å². The Morgan fingerprint density at radius 3 is 2.67 bits per heavy atom. The van der Waals surface area contributed by atoms with Crippen LogP contribution in [0, 0.1) is 11.2 Å². The predicted octanol–water partition coefficient (Wildman–Crippen LogP) is 3.94. The molecule has 1 N–H and O–H groups in total. The molecule has 1 nitrogen and oxygen atoms in total. The zero-order valence-corrected chi connectivity index (χ0v) is 11.3. The average Bonchev–Trinajstić information content (AvgIpc) is 3.08. The van der Waals surface area contributed by atoms with Crippen LogP contribution in [-0.2, 0) is 6.42 Å². The van der Waals surface area contributed by atoms with Crippen LogP contribution in [0.25, 0.3) is 0 Å². The van der Waals surface area contributed by atoms with E-state index in [9.17, 15) is 4.39 Å². The van der Waals surface area contributed by atoms with Gasteiger partial charge in [0.25, 0.3) is 0 Å². The minimum atomic E-state index is -0.248. The molecular weight excluding hydrogens is 249 g/mol. The van der Waals surface area contributed by atoms with Crippen molar-refractivity contribution in [2.24, 2.45) is 5.41 Å². The SMILES string of the molecule is Fc1ccc(CC2(CNC3CC3)CCC2)c(Cl)c1. The summed E-state index contributed by atoms with van der Waals surface area (Å²) in [5, 5.41) is 4.21. The van der Waals surface area contributed by atoms with E-state index in [1.54, 1.807) is 0 Å². The monoisotopic (exact) mass is 267 g/mol. The summed E-state index contributed by atoms with van der Waals surface area (Å²) in [7, 11) is 0. The Balaban J connectivity index is 1.68. The largest absolute Gasteiger partial charge is 0.313 e. The van der Waals surface area contributed by atoms with Gasteiger partial charge in [-0.1, -0.05) is 24.1 Å². The zero-order valence-electron chi connectivity index (χ0n) is 10.5. The van der Waals surface area contributed by atoms with Crippen molar-refractivity contribution in [1.82, 2.24) is 5.32 Å². The Labute approximate surface area is 113 Å². The Morgan fingerprint density at radius 2 is 2.11 bits per heavy atom. The molecule has 2 aliphatic carbocycles. The lowest BCUT2D eigenvalue weighted by Gasteiger charge is -2.42. The van der Waals surface area contributed by atoms with Crippen LogP contribution < -0.4 is 5.32 Å². The topological polar surface area (TPSA) is 12.0 Å². The van der Waals surface area contributed by atoms with E-state index in [4.69, 9.17) is 11.6 Å². The minimum Gasteiger partial charge on any atom is -0.313 e. The van der Waals surface area contributed by atoms with Gasteiger partial charge in [-0.2, -0.15) is 0 Å². The van der Waals surface area contributed by atoms with Crippen LogP contribution >= 0.6 is 11.6 Å². The van der Waals surface area contributed by atoms with Crippen molar-refractivity contribution >= 4 is 11.6 Å². The highest BCUT2D eigenvalue weighted by Crippen LogP contribution is 2.44. The first-order valence-electron chi connectivity index (χ1n) is 6.84. The van der Waals surface area contributed by atoms with Gasteiger partial charge in [-0.25, -0.2) is 4.39 Å². The van der Waals surface area contributed by atoms with Crippen LogP contribution in [0.5, 0.6) is 0 Å². The summed E-state index contributed by atoms with van der Waals surface area (Å²) in [5.41, 5.74) is 1.46. The molecular formula is C15H19ClFN. The number of rotatable bonds is 5. The molecule has 0 bridgehead atoms. The third-order valence-electron chi connectivity index (χ3n) is 4.34. The fraction of sp³-hybridized carbons (Fsp3) is 0.600. The Hall–Kier alpha value is -0.600. The molecule has 0 saturated heterocycles. The molecule has 2 saturated carbocycles. The lowest BCUT2D eigenvalue weighted by atomic mass is 9.65. The van der Waals surface area contributed by atoms with Crippen molar-refractivity contribution in [1.29, 1.82) is 0 Å². The maximum absolute atomic E-state index is 13.0. The Kier molecular flexibility index (Phi) is 3.33. The molecule has 0 aliphatic heterocycles. The quantitative estimate of drug-likeness (QED) is 0.852. The Morgan fingerprint density at radius 1 is 1.33 bits per heavy atom. The third kappa shape index (κ3) is 2.70. The van der Waals surface area contributed by atoms with Gasteiger partial charge in [-0.3, -0.25) is 0 Å². The van der Waals surface area contributed by atoms with Crippen LogP contribution in [-0.4, -0.2) is 12.6 Å². The summed E-state index contributed by atoms with van der Waals surface area (Å²) < 4.78 is 13.0. The standard InChI is InChI=1S/C15H19ClFN/c16-14-8-12(17)3-2-11(14)9-15(6-1-7-15)10-18-13-4-5-13/h2-3,8,13,18H,1,4-7,9-10H2. The van der Waals surface area contributed by atoms with E-state index in [1.807, 2.05) is 6.07 Å². The fourth-order valence-corrected chi connectivity index (χ4v) is 3.04. The molecule has 0 amide bonds. The minimum absolute atomic E-state index is 0.248. The van der Waals surface area contributed by atoms with E-state index in [2.05, 4.69) is 5.32 Å². The highest BCUT2D eigenvalue weighted by Gasteiger charge is 2.38. The van der Waals surface area contributed by atoms with Crippen LogP contribution in [0.3, 0.4) is 0 Å². The molecule has 2 fully saturated rings. The van der Waals surface area contributed by atoms with Crippen molar-refractivity contribution in [3.63, 3.8) is 0 Å². The Bertz CT molecular complexity index is 438. The first-order chi connectivity index (χ1) is 8.67. The van der Waals surface area contributed by atoms with Crippen molar-refractivity contribution in [2.45, 2.75) is 44.6 Å². The van der Waals surface area contributed by atoms with Crippen LogP contribution in [0.15, 0.2) is 18.2 Å². The van der Waals surface area contributed by atoms with Gasteiger partial charge < -0.3 is 5.32 Å². The maximum Gasteiger partial charge on any atom is 0.124 e. The number of nitrogens with one attached hydrogen (secondary N) is 1. The van der Waals surface area contributed by atoms with Crippen molar-refractivity contribution in [3.8, 4) is 0 Å². The second-order valence-electron chi connectivity index (χ2n) is 5.92. The summed E-state index contributed by atoms with van der Waals surface area (Å²) >= 11 is 6.13. The second kappa shape index (κ2) is 4.82. The highest BCUT2D eigenvalue weighted by atomic mass is 35.5. The molecule has 1 aromatic carbocycles. The van der Waals surface area contributed by atoms with Gasteiger partial charge in [0.2, 0.25) is 0 Å². The fourth-order valence-electron chi connectivity index (χ4n) is 2.81. The molecule has 0 aromatic heterocycles. The van der Waals surface area contributed by atoms with E-state index in [-0.39, 0.29) is 5.82 Å². The summed E-state index contributed by atoms with van der Waals surface area (Å²) in [5.74, 6) is -0.248. The zero-order chi connectivity index (χ0) is 12.6. The molecule has 2 aliphatic rings. The molecule has 98 valence electrons. The van der Waals surface area contributed by atoms with Crippen LogP contribution in [0.2, 0.25) is 5.02 Å². The van der Waals surface area contributed by atoms with E-state index < -0.39 is 0 Å². The van der Waals surface area contributed by atoms with Crippen molar-refractivity contribution in [3.05, 3.63) is 34.6 Å². The smallest absolute Gasteiger partial charge is 0.124 e. The van der Waals surface area contributed by atoms with Crippen molar-refractivity contribution in [2.75, 3.05) is 6.54 Å². The molecule has 0 radical (unpaired) electrons. The molecule has 0 spiro atoms. The summed E-state index contributed by atoms with van der Waals surface area (Å²) in [6.07, 6.45) is 7.47. The van der Waals surface area contributed by atoms with Gasteiger partial charge in [0.1, 0.15) is 5.82 Å². The first-order valence-corrected chi connectivity index (χ1v) is 7.22.